The maximum Gasteiger partial charge on any atom is 0.403 e. The first kappa shape index (κ1) is 18.4. The third kappa shape index (κ3) is 5.94. The van der Waals surface area contributed by atoms with Crippen molar-refractivity contribution in [3.05, 3.63) is 0 Å². The van der Waals surface area contributed by atoms with E-state index in [0.717, 1.165) is 12.2 Å². The molecular weight excluding hydrogens is 303 g/mol. The van der Waals surface area contributed by atoms with Gasteiger partial charge in [0.05, 0.1) is 0 Å². The number of nitrogens with zero attached hydrogens (tertiary/aromatic N) is 2. The fourth-order valence-corrected chi connectivity index (χ4v) is 2.78. The molecule has 0 radical (unpaired) electrons. The molecule has 0 aromatic rings. The number of hydrogen-bond acceptors (Lipinski definition) is 3. The van der Waals surface area contributed by atoms with E-state index in [2.05, 4.69) is 5.32 Å². The van der Waals surface area contributed by atoms with Crippen LogP contribution in [0.1, 0.15) is 20.3 Å². The van der Waals surface area contributed by atoms with Crippen molar-refractivity contribution >= 4 is 17.8 Å². The Morgan fingerprint density at radius 3 is 2.29 bits per heavy atom. The molecule has 4 nitrogen and oxygen atoms in total. The van der Waals surface area contributed by atoms with E-state index >= 15 is 0 Å². The molecule has 1 aliphatic heterocycles. The average Bonchev–Trinajstić information content (AvgIpc) is 2.43. The minimum absolute atomic E-state index is 0.0806. The number of hydrogen-bond donors (Lipinski definition) is 1. The van der Waals surface area contributed by atoms with Crippen molar-refractivity contribution in [2.75, 3.05) is 38.2 Å². The maximum absolute atomic E-state index is 12.6. The number of thioether (sulfide) groups is 1. The van der Waals surface area contributed by atoms with Gasteiger partial charge in [-0.25, -0.2) is 4.79 Å². The van der Waals surface area contributed by atoms with Gasteiger partial charge in [0, 0.05) is 32.2 Å². The number of carbonyl (C=O) groups is 1. The molecule has 1 heterocycles. The lowest BCUT2D eigenvalue weighted by molar-refractivity contribution is -0.181. The summed E-state index contributed by atoms with van der Waals surface area (Å²) in [6.07, 6.45) is -1.32. The van der Waals surface area contributed by atoms with Gasteiger partial charge in [-0.2, -0.15) is 24.9 Å². The first-order valence-corrected chi connectivity index (χ1v) is 8.50. The van der Waals surface area contributed by atoms with Gasteiger partial charge in [-0.15, -0.1) is 0 Å². The van der Waals surface area contributed by atoms with Crippen molar-refractivity contribution in [3.63, 3.8) is 0 Å². The van der Waals surface area contributed by atoms with Crippen LogP contribution in [0.3, 0.4) is 0 Å². The summed E-state index contributed by atoms with van der Waals surface area (Å²) in [5.74, 6) is 0.971. The zero-order valence-corrected chi connectivity index (χ0v) is 13.6. The molecule has 1 rings (SSSR count). The lowest BCUT2D eigenvalue weighted by Gasteiger charge is -2.38. The van der Waals surface area contributed by atoms with Gasteiger partial charge in [0.25, 0.3) is 0 Å². The number of rotatable bonds is 5. The Hall–Kier alpha value is -0.630. The zero-order valence-electron chi connectivity index (χ0n) is 12.7. The van der Waals surface area contributed by atoms with Crippen LogP contribution in [0.2, 0.25) is 0 Å². The SMILES string of the molecule is CSCC[C@@H](C)NC(=O)N1CCN([C@H](C)C(F)(F)F)CC1. The van der Waals surface area contributed by atoms with Crippen molar-refractivity contribution in [2.24, 2.45) is 0 Å². The number of piperazine rings is 1. The molecule has 0 aromatic heterocycles. The first-order valence-electron chi connectivity index (χ1n) is 7.11. The smallest absolute Gasteiger partial charge is 0.336 e. The third-order valence-corrected chi connectivity index (χ3v) is 4.39. The maximum atomic E-state index is 12.6. The van der Waals surface area contributed by atoms with Gasteiger partial charge in [0.1, 0.15) is 6.04 Å². The van der Waals surface area contributed by atoms with Crippen molar-refractivity contribution in [2.45, 2.75) is 38.5 Å². The van der Waals surface area contributed by atoms with E-state index in [1.807, 2.05) is 13.2 Å². The largest absolute Gasteiger partial charge is 0.403 e. The number of urea groups is 1. The van der Waals surface area contributed by atoms with E-state index in [1.54, 1.807) is 16.7 Å². The highest BCUT2D eigenvalue weighted by Gasteiger charge is 2.41. The minimum atomic E-state index is -4.21. The highest BCUT2D eigenvalue weighted by atomic mass is 32.2. The Morgan fingerprint density at radius 2 is 1.81 bits per heavy atom. The standard InChI is InChI=1S/C13H24F3N3OS/c1-10(4-9-21-3)17-12(20)19-7-5-18(6-8-19)11(2)13(14,15)16/h10-11H,4-9H2,1-3H3,(H,17,20)/t10-,11-/m1/s1. The summed E-state index contributed by atoms with van der Waals surface area (Å²) in [5.41, 5.74) is 0. The summed E-state index contributed by atoms with van der Waals surface area (Å²) in [5, 5.41) is 2.89. The van der Waals surface area contributed by atoms with Gasteiger partial charge in [0.15, 0.2) is 0 Å². The number of alkyl halides is 3. The van der Waals surface area contributed by atoms with Crippen molar-refractivity contribution in [3.8, 4) is 0 Å². The van der Waals surface area contributed by atoms with Crippen LogP contribution < -0.4 is 5.32 Å². The van der Waals surface area contributed by atoms with E-state index in [4.69, 9.17) is 0 Å². The minimum Gasteiger partial charge on any atom is -0.336 e. The number of halogens is 3. The number of amides is 2. The lowest BCUT2D eigenvalue weighted by atomic mass is 10.2. The molecule has 1 fully saturated rings. The Labute approximate surface area is 128 Å². The molecule has 1 saturated heterocycles. The lowest BCUT2D eigenvalue weighted by Crippen LogP contribution is -2.57. The summed E-state index contributed by atoms with van der Waals surface area (Å²) >= 11 is 1.72. The topological polar surface area (TPSA) is 35.6 Å². The van der Waals surface area contributed by atoms with Crippen LogP contribution in [0.5, 0.6) is 0 Å². The van der Waals surface area contributed by atoms with Crippen LogP contribution in [0, 0.1) is 0 Å². The van der Waals surface area contributed by atoms with Crippen LogP contribution in [0.4, 0.5) is 18.0 Å². The fourth-order valence-electron chi connectivity index (χ4n) is 2.19. The molecule has 0 aliphatic carbocycles. The highest BCUT2D eigenvalue weighted by molar-refractivity contribution is 7.98. The van der Waals surface area contributed by atoms with Gasteiger partial charge in [-0.3, -0.25) is 4.90 Å². The van der Waals surface area contributed by atoms with Crippen LogP contribution in [0.25, 0.3) is 0 Å². The average molecular weight is 327 g/mol. The molecule has 1 aliphatic rings. The monoisotopic (exact) mass is 327 g/mol. The number of carbonyl (C=O) groups excluding carboxylic acids is 1. The normalized spacial score (nSPS) is 20.2. The second-order valence-corrected chi connectivity index (χ2v) is 6.36. The van der Waals surface area contributed by atoms with Crippen LogP contribution in [-0.4, -0.2) is 72.3 Å². The molecule has 2 atom stereocenters. The van der Waals surface area contributed by atoms with Crippen molar-refractivity contribution in [1.29, 1.82) is 0 Å². The Kier molecular flexibility index (Phi) is 7.12. The van der Waals surface area contributed by atoms with Crippen LogP contribution in [-0.2, 0) is 0 Å². The molecule has 0 saturated carbocycles. The first-order chi connectivity index (χ1) is 9.75. The molecule has 21 heavy (non-hydrogen) atoms. The van der Waals surface area contributed by atoms with Crippen LogP contribution in [0.15, 0.2) is 0 Å². The van der Waals surface area contributed by atoms with Crippen LogP contribution >= 0.6 is 11.8 Å². The summed E-state index contributed by atoms with van der Waals surface area (Å²) in [7, 11) is 0. The van der Waals surface area contributed by atoms with E-state index in [-0.39, 0.29) is 25.2 Å². The molecule has 124 valence electrons. The Morgan fingerprint density at radius 1 is 1.24 bits per heavy atom. The Bertz CT molecular complexity index is 333. The predicted octanol–water partition coefficient (Wildman–Crippen LogP) is 2.41. The van der Waals surface area contributed by atoms with Crippen molar-refractivity contribution in [1.82, 2.24) is 15.1 Å². The summed E-state index contributed by atoms with van der Waals surface area (Å²) in [6, 6.07) is -1.55. The van der Waals surface area contributed by atoms with Gasteiger partial charge in [-0.1, -0.05) is 0 Å². The number of nitrogens with one attached hydrogen (secondary N) is 1. The van der Waals surface area contributed by atoms with Gasteiger partial charge in [0.2, 0.25) is 0 Å². The fraction of sp³-hybridized carbons (Fsp3) is 0.923. The van der Waals surface area contributed by atoms with E-state index in [1.165, 1.54) is 11.8 Å². The third-order valence-electron chi connectivity index (χ3n) is 3.75. The summed E-state index contributed by atoms with van der Waals surface area (Å²) in [6.45, 7) is 4.29. The predicted molar refractivity (Wildman–Crippen MR) is 79.7 cm³/mol. The zero-order chi connectivity index (χ0) is 16.0. The van der Waals surface area contributed by atoms with E-state index < -0.39 is 12.2 Å². The molecule has 8 heteroatoms. The molecule has 2 amide bonds. The Balaban J connectivity index is 2.37. The summed E-state index contributed by atoms with van der Waals surface area (Å²) in [4.78, 5) is 15.0. The molecule has 0 aromatic carbocycles. The van der Waals surface area contributed by atoms with E-state index in [0.29, 0.717) is 13.1 Å². The second-order valence-electron chi connectivity index (χ2n) is 5.37. The summed E-state index contributed by atoms with van der Waals surface area (Å²) < 4.78 is 37.9. The second kappa shape index (κ2) is 8.12. The molecule has 0 bridgehead atoms. The van der Waals surface area contributed by atoms with Gasteiger partial charge >= 0.3 is 12.2 Å². The van der Waals surface area contributed by atoms with Crippen molar-refractivity contribution < 1.29 is 18.0 Å². The molecule has 1 N–H and O–H groups in total. The van der Waals surface area contributed by atoms with E-state index in [9.17, 15) is 18.0 Å². The highest BCUT2D eigenvalue weighted by Crippen LogP contribution is 2.25. The quantitative estimate of drug-likeness (QED) is 0.842. The van der Waals surface area contributed by atoms with Gasteiger partial charge in [-0.05, 0) is 32.3 Å². The molecule has 0 spiro atoms. The molecule has 0 unspecified atom stereocenters. The van der Waals surface area contributed by atoms with Gasteiger partial charge < -0.3 is 10.2 Å². The molecular formula is C13H24F3N3OS.